The van der Waals surface area contributed by atoms with Crippen molar-refractivity contribution in [2.45, 2.75) is 0 Å². The van der Waals surface area contributed by atoms with Crippen molar-refractivity contribution in [1.29, 1.82) is 0 Å². The van der Waals surface area contributed by atoms with Crippen molar-refractivity contribution < 1.29 is 14.2 Å². The van der Waals surface area contributed by atoms with E-state index in [1.807, 2.05) is 60.7 Å². The van der Waals surface area contributed by atoms with Gasteiger partial charge < -0.3 is 4.74 Å². The molecule has 1 aromatic heterocycles. The van der Waals surface area contributed by atoms with Crippen molar-refractivity contribution in [3.63, 3.8) is 0 Å². The lowest BCUT2D eigenvalue weighted by Gasteiger charge is -2.08. The smallest absolute Gasteiger partial charge is 0.312 e. The molecule has 1 amide bonds. The highest BCUT2D eigenvalue weighted by Crippen LogP contribution is 2.24. The summed E-state index contributed by atoms with van der Waals surface area (Å²) in [5.74, 6) is 0.500. The van der Waals surface area contributed by atoms with E-state index in [4.69, 9.17) is 4.74 Å². The SMILES string of the molecule is O=C(COc1cccc2ccccc12)N[n+]1ccccc1. The van der Waals surface area contributed by atoms with Crippen LogP contribution in [0.1, 0.15) is 0 Å². The Labute approximate surface area is 122 Å². The number of hydrogen-bond acceptors (Lipinski definition) is 2. The molecule has 0 saturated carbocycles. The molecule has 0 bridgehead atoms. The molecule has 0 spiro atoms. The van der Waals surface area contributed by atoms with E-state index in [-0.39, 0.29) is 12.5 Å². The lowest BCUT2D eigenvalue weighted by atomic mass is 10.1. The number of rotatable bonds is 4. The van der Waals surface area contributed by atoms with Gasteiger partial charge in [0.2, 0.25) is 0 Å². The van der Waals surface area contributed by atoms with Crippen LogP contribution in [-0.2, 0) is 4.79 Å². The Morgan fingerprint density at radius 2 is 1.71 bits per heavy atom. The third kappa shape index (κ3) is 3.17. The minimum atomic E-state index is -0.209. The largest absolute Gasteiger partial charge is 0.483 e. The Hall–Kier alpha value is -2.88. The van der Waals surface area contributed by atoms with Crippen LogP contribution in [0.15, 0.2) is 73.1 Å². The van der Waals surface area contributed by atoms with Gasteiger partial charge in [-0.15, -0.1) is 5.43 Å². The first-order valence-electron chi connectivity index (χ1n) is 6.70. The summed E-state index contributed by atoms with van der Waals surface area (Å²) in [4.78, 5) is 11.9. The third-order valence-electron chi connectivity index (χ3n) is 3.08. The van der Waals surface area contributed by atoms with Crippen LogP contribution in [0.25, 0.3) is 10.8 Å². The molecule has 0 aliphatic carbocycles. The summed E-state index contributed by atoms with van der Waals surface area (Å²) < 4.78 is 7.22. The minimum absolute atomic E-state index is 0.0318. The zero-order chi connectivity index (χ0) is 14.5. The van der Waals surface area contributed by atoms with Crippen LogP contribution in [-0.4, -0.2) is 12.5 Å². The van der Waals surface area contributed by atoms with Crippen molar-refractivity contribution in [1.82, 2.24) is 0 Å². The third-order valence-corrected chi connectivity index (χ3v) is 3.08. The van der Waals surface area contributed by atoms with E-state index in [0.29, 0.717) is 5.75 Å². The highest BCUT2D eigenvalue weighted by molar-refractivity contribution is 5.89. The molecule has 0 saturated heterocycles. The summed E-state index contributed by atoms with van der Waals surface area (Å²) in [6, 6.07) is 19.3. The van der Waals surface area contributed by atoms with E-state index in [1.165, 1.54) is 0 Å². The van der Waals surface area contributed by atoms with Gasteiger partial charge in [0.05, 0.1) is 0 Å². The van der Waals surface area contributed by atoms with Gasteiger partial charge in [-0.05, 0) is 11.5 Å². The maximum absolute atomic E-state index is 11.9. The Kier molecular flexibility index (Phi) is 3.78. The lowest BCUT2D eigenvalue weighted by molar-refractivity contribution is -0.642. The molecule has 0 radical (unpaired) electrons. The highest BCUT2D eigenvalue weighted by Gasteiger charge is 2.09. The Morgan fingerprint density at radius 1 is 0.952 bits per heavy atom. The number of carbonyl (C=O) groups excluding carboxylic acids is 1. The Morgan fingerprint density at radius 3 is 2.57 bits per heavy atom. The lowest BCUT2D eigenvalue weighted by Crippen LogP contribution is -2.49. The monoisotopic (exact) mass is 279 g/mol. The highest BCUT2D eigenvalue weighted by atomic mass is 16.5. The van der Waals surface area contributed by atoms with E-state index in [1.54, 1.807) is 17.1 Å². The average Bonchev–Trinajstić information content (AvgIpc) is 2.54. The fraction of sp³-hybridized carbons (Fsp3) is 0.0588. The van der Waals surface area contributed by atoms with Crippen LogP contribution < -0.4 is 14.8 Å². The number of hydrogen-bond donors (Lipinski definition) is 1. The first-order valence-corrected chi connectivity index (χ1v) is 6.70. The van der Waals surface area contributed by atoms with Crippen LogP contribution in [0.2, 0.25) is 0 Å². The molecule has 3 aromatic rings. The molecule has 0 unspecified atom stereocenters. The zero-order valence-corrected chi connectivity index (χ0v) is 11.4. The second-order valence-electron chi connectivity index (χ2n) is 4.58. The molecule has 1 N–H and O–H groups in total. The number of aromatic nitrogens is 1. The fourth-order valence-corrected chi connectivity index (χ4v) is 2.11. The van der Waals surface area contributed by atoms with Crippen molar-refractivity contribution >= 4 is 16.7 Å². The molecule has 0 aliphatic rings. The second kappa shape index (κ2) is 6.05. The summed E-state index contributed by atoms with van der Waals surface area (Å²) in [5.41, 5.74) is 2.71. The van der Waals surface area contributed by atoms with Crippen LogP contribution in [0.5, 0.6) is 5.75 Å². The standard InChI is InChI=1S/C17H14N2O2/c20-17(18-19-11-4-1-5-12-19)13-21-16-10-6-8-14-7-2-3-9-15(14)16/h1-12H,13H2/p+1. The molecule has 104 valence electrons. The Balaban J connectivity index is 1.68. The van der Waals surface area contributed by atoms with Gasteiger partial charge >= 0.3 is 5.91 Å². The quantitative estimate of drug-likeness (QED) is 0.744. The van der Waals surface area contributed by atoms with E-state index in [9.17, 15) is 4.79 Å². The Bertz CT molecular complexity index is 752. The van der Waals surface area contributed by atoms with Crippen LogP contribution in [0.4, 0.5) is 0 Å². The fourth-order valence-electron chi connectivity index (χ4n) is 2.11. The van der Waals surface area contributed by atoms with Crippen molar-refractivity contribution in [2.24, 2.45) is 0 Å². The zero-order valence-electron chi connectivity index (χ0n) is 11.4. The topological polar surface area (TPSA) is 42.2 Å². The van der Waals surface area contributed by atoms with Crippen molar-refractivity contribution in [2.75, 3.05) is 12.0 Å². The van der Waals surface area contributed by atoms with Gasteiger partial charge in [0.1, 0.15) is 5.75 Å². The number of nitrogens with zero attached hydrogens (tertiary/aromatic N) is 1. The normalized spacial score (nSPS) is 10.3. The molecule has 0 atom stereocenters. The predicted octanol–water partition coefficient (Wildman–Crippen LogP) is 2.28. The number of pyridine rings is 1. The summed E-state index contributed by atoms with van der Waals surface area (Å²) in [7, 11) is 0. The molecule has 4 nitrogen and oxygen atoms in total. The summed E-state index contributed by atoms with van der Waals surface area (Å²) in [5, 5.41) is 2.09. The molecular formula is C17H15N2O2+. The van der Waals surface area contributed by atoms with Gasteiger partial charge in [-0.3, -0.25) is 4.79 Å². The van der Waals surface area contributed by atoms with E-state index in [0.717, 1.165) is 10.8 Å². The van der Waals surface area contributed by atoms with E-state index < -0.39 is 0 Å². The van der Waals surface area contributed by atoms with Crippen LogP contribution in [0, 0.1) is 0 Å². The van der Waals surface area contributed by atoms with Gasteiger partial charge in [-0.25, -0.2) is 0 Å². The first kappa shape index (κ1) is 13.1. The van der Waals surface area contributed by atoms with Gasteiger partial charge in [-0.2, -0.15) is 0 Å². The molecule has 1 heterocycles. The number of fused-ring (bicyclic) bond motifs is 1. The van der Waals surface area contributed by atoms with Crippen molar-refractivity contribution in [3.05, 3.63) is 73.1 Å². The number of nitrogens with one attached hydrogen (secondary N) is 1. The molecular weight excluding hydrogens is 264 g/mol. The summed E-state index contributed by atoms with van der Waals surface area (Å²) in [6.07, 6.45) is 3.52. The molecule has 3 rings (SSSR count). The minimum Gasteiger partial charge on any atom is -0.483 e. The van der Waals surface area contributed by atoms with Gasteiger partial charge in [-0.1, -0.05) is 47.1 Å². The first-order chi connectivity index (χ1) is 10.3. The second-order valence-corrected chi connectivity index (χ2v) is 4.58. The summed E-state index contributed by atoms with van der Waals surface area (Å²) >= 11 is 0. The molecule has 0 fully saturated rings. The number of benzene rings is 2. The van der Waals surface area contributed by atoms with E-state index in [2.05, 4.69) is 5.43 Å². The predicted molar refractivity (Wildman–Crippen MR) is 80.4 cm³/mol. The number of carbonyl (C=O) groups is 1. The van der Waals surface area contributed by atoms with E-state index >= 15 is 0 Å². The van der Waals surface area contributed by atoms with Crippen LogP contribution in [0.3, 0.4) is 0 Å². The molecule has 4 heteroatoms. The molecule has 0 aliphatic heterocycles. The summed E-state index contributed by atoms with van der Waals surface area (Å²) in [6.45, 7) is -0.0318. The van der Waals surface area contributed by atoms with Gasteiger partial charge in [0, 0.05) is 17.5 Å². The molecule has 2 aromatic carbocycles. The number of amides is 1. The van der Waals surface area contributed by atoms with Crippen molar-refractivity contribution in [3.8, 4) is 5.75 Å². The van der Waals surface area contributed by atoms with Gasteiger partial charge in [0.15, 0.2) is 19.0 Å². The van der Waals surface area contributed by atoms with Crippen LogP contribution >= 0.6 is 0 Å². The average molecular weight is 279 g/mol. The maximum Gasteiger partial charge on any atom is 0.312 e. The molecule has 21 heavy (non-hydrogen) atoms. The maximum atomic E-state index is 11.9. The number of ether oxygens (including phenoxy) is 1. The van der Waals surface area contributed by atoms with Gasteiger partial charge in [0.25, 0.3) is 0 Å².